The van der Waals surface area contributed by atoms with Crippen molar-refractivity contribution in [1.82, 2.24) is 14.8 Å². The van der Waals surface area contributed by atoms with E-state index in [4.69, 9.17) is 9.47 Å². The Bertz CT molecular complexity index is 755. The van der Waals surface area contributed by atoms with Gasteiger partial charge in [0.25, 0.3) is 5.91 Å². The standard InChI is InChI=1S/C22H29N3O4/c26-18-14-29-20(19(25(18)17-4-5-17)16-3-1-9-23-13-16)21(27)24-10-2-6-22(15-24)7-11-28-12-8-22/h1,3,9,13,17,19-20H,2,4-8,10-12,14-15H2/t19-,20+/m1/s1. The van der Waals surface area contributed by atoms with Crippen molar-refractivity contribution in [2.24, 2.45) is 5.41 Å². The summed E-state index contributed by atoms with van der Waals surface area (Å²) in [5, 5.41) is 0. The van der Waals surface area contributed by atoms with Gasteiger partial charge in [-0.1, -0.05) is 6.07 Å². The number of hydrogen-bond acceptors (Lipinski definition) is 5. The fraction of sp³-hybridized carbons (Fsp3) is 0.682. The molecule has 0 bridgehead atoms. The first kappa shape index (κ1) is 19.0. The summed E-state index contributed by atoms with van der Waals surface area (Å²) in [6.45, 7) is 3.08. The summed E-state index contributed by atoms with van der Waals surface area (Å²) in [6.07, 6.45) is 9.01. The summed E-state index contributed by atoms with van der Waals surface area (Å²) in [6, 6.07) is 3.64. The van der Waals surface area contributed by atoms with Crippen LogP contribution in [0.25, 0.3) is 0 Å². The van der Waals surface area contributed by atoms with Crippen LogP contribution < -0.4 is 0 Å². The number of ether oxygens (including phenoxy) is 2. The van der Waals surface area contributed by atoms with Crippen molar-refractivity contribution in [1.29, 1.82) is 0 Å². The molecule has 0 unspecified atom stereocenters. The van der Waals surface area contributed by atoms with Crippen LogP contribution in [0.1, 0.15) is 50.1 Å². The lowest BCUT2D eigenvalue weighted by Gasteiger charge is -2.47. The fourth-order valence-electron chi connectivity index (χ4n) is 5.29. The number of piperidine rings is 1. The van der Waals surface area contributed by atoms with Crippen LogP contribution in [0.15, 0.2) is 24.5 Å². The van der Waals surface area contributed by atoms with Crippen LogP contribution in [0.4, 0.5) is 0 Å². The third-order valence-corrected chi connectivity index (χ3v) is 7.00. The maximum Gasteiger partial charge on any atom is 0.254 e. The number of nitrogens with zero attached hydrogens (tertiary/aromatic N) is 3. The molecule has 3 saturated heterocycles. The van der Waals surface area contributed by atoms with Crippen LogP contribution in [0.3, 0.4) is 0 Å². The first-order valence-electron chi connectivity index (χ1n) is 10.9. The molecule has 4 aliphatic rings. The maximum atomic E-state index is 13.7. The van der Waals surface area contributed by atoms with Crippen LogP contribution in [0.5, 0.6) is 0 Å². The van der Waals surface area contributed by atoms with Gasteiger partial charge in [0.1, 0.15) is 6.61 Å². The average Bonchev–Trinajstić information content (AvgIpc) is 3.59. The third-order valence-electron chi connectivity index (χ3n) is 7.00. The Balaban J connectivity index is 1.41. The molecule has 0 radical (unpaired) electrons. The number of likely N-dealkylation sites (tertiary alicyclic amines) is 1. The Morgan fingerprint density at radius 3 is 2.76 bits per heavy atom. The number of amides is 2. The van der Waals surface area contributed by atoms with Gasteiger partial charge < -0.3 is 19.3 Å². The van der Waals surface area contributed by atoms with Crippen molar-refractivity contribution in [3.05, 3.63) is 30.1 Å². The van der Waals surface area contributed by atoms with Crippen LogP contribution in [-0.2, 0) is 19.1 Å². The van der Waals surface area contributed by atoms with E-state index < -0.39 is 12.1 Å². The molecule has 0 N–H and O–H groups in total. The predicted octanol–water partition coefficient (Wildman–Crippen LogP) is 1.93. The Hall–Kier alpha value is -1.99. The number of carbonyl (C=O) groups excluding carboxylic acids is 2. The molecular weight excluding hydrogens is 370 g/mol. The topological polar surface area (TPSA) is 72.0 Å². The van der Waals surface area contributed by atoms with E-state index in [9.17, 15) is 9.59 Å². The first-order valence-corrected chi connectivity index (χ1v) is 10.9. The molecule has 1 aliphatic carbocycles. The number of pyridine rings is 1. The maximum absolute atomic E-state index is 13.7. The zero-order valence-corrected chi connectivity index (χ0v) is 16.8. The highest BCUT2D eigenvalue weighted by molar-refractivity contribution is 5.87. The van der Waals surface area contributed by atoms with Gasteiger partial charge in [0, 0.05) is 44.7 Å². The van der Waals surface area contributed by atoms with Crippen molar-refractivity contribution in [3.8, 4) is 0 Å². The van der Waals surface area contributed by atoms with Crippen LogP contribution in [-0.4, -0.2) is 71.7 Å². The van der Waals surface area contributed by atoms with Crippen molar-refractivity contribution in [3.63, 3.8) is 0 Å². The summed E-state index contributed by atoms with van der Waals surface area (Å²) in [4.78, 5) is 34.5. The first-order chi connectivity index (χ1) is 14.2. The molecule has 4 heterocycles. The molecule has 1 aromatic rings. The molecule has 7 nitrogen and oxygen atoms in total. The quantitative estimate of drug-likeness (QED) is 0.777. The zero-order chi connectivity index (χ0) is 19.8. The van der Waals surface area contributed by atoms with Crippen molar-refractivity contribution >= 4 is 11.8 Å². The van der Waals surface area contributed by atoms with Crippen LogP contribution in [0.2, 0.25) is 0 Å². The van der Waals surface area contributed by atoms with Gasteiger partial charge in [-0.2, -0.15) is 0 Å². The number of morpholine rings is 1. The largest absolute Gasteiger partial charge is 0.381 e. The zero-order valence-electron chi connectivity index (χ0n) is 16.8. The summed E-state index contributed by atoms with van der Waals surface area (Å²) >= 11 is 0. The fourth-order valence-corrected chi connectivity index (χ4v) is 5.29. The van der Waals surface area contributed by atoms with Gasteiger partial charge in [0.2, 0.25) is 5.91 Å². The van der Waals surface area contributed by atoms with Gasteiger partial charge in [-0.25, -0.2) is 0 Å². The Kier molecular flexibility index (Phi) is 5.04. The second kappa shape index (κ2) is 7.69. The number of rotatable bonds is 3. The lowest BCUT2D eigenvalue weighted by molar-refractivity contribution is -0.172. The van der Waals surface area contributed by atoms with Crippen molar-refractivity contribution in [2.45, 2.75) is 56.7 Å². The van der Waals surface area contributed by atoms with E-state index >= 15 is 0 Å². The minimum Gasteiger partial charge on any atom is -0.381 e. The van der Waals surface area contributed by atoms with Crippen LogP contribution in [0, 0.1) is 5.41 Å². The lowest BCUT2D eigenvalue weighted by atomic mass is 9.73. The van der Waals surface area contributed by atoms with Gasteiger partial charge in [0.15, 0.2) is 6.10 Å². The lowest BCUT2D eigenvalue weighted by Crippen LogP contribution is -2.58. The monoisotopic (exact) mass is 399 g/mol. The number of carbonyl (C=O) groups is 2. The van der Waals surface area contributed by atoms with Gasteiger partial charge in [0.05, 0.1) is 6.04 Å². The molecule has 2 amide bonds. The van der Waals surface area contributed by atoms with E-state index in [1.54, 1.807) is 12.4 Å². The molecule has 3 aliphatic heterocycles. The van der Waals surface area contributed by atoms with E-state index in [2.05, 4.69) is 4.98 Å². The molecule has 156 valence electrons. The van der Waals surface area contributed by atoms with E-state index in [-0.39, 0.29) is 29.9 Å². The minimum absolute atomic E-state index is 0.0163. The third kappa shape index (κ3) is 3.66. The molecule has 1 saturated carbocycles. The van der Waals surface area contributed by atoms with Crippen molar-refractivity contribution < 1.29 is 19.1 Å². The van der Waals surface area contributed by atoms with Crippen LogP contribution >= 0.6 is 0 Å². The second-order valence-electron chi connectivity index (χ2n) is 8.97. The van der Waals surface area contributed by atoms with E-state index in [1.165, 1.54) is 0 Å². The predicted molar refractivity (Wildman–Crippen MR) is 105 cm³/mol. The molecule has 1 aromatic heterocycles. The molecular formula is C22H29N3O4. The highest BCUT2D eigenvalue weighted by Gasteiger charge is 2.49. The summed E-state index contributed by atoms with van der Waals surface area (Å²) in [7, 11) is 0. The van der Waals surface area contributed by atoms with E-state index in [0.29, 0.717) is 0 Å². The van der Waals surface area contributed by atoms with Crippen molar-refractivity contribution in [2.75, 3.05) is 32.9 Å². The molecule has 1 spiro atoms. The molecule has 0 aromatic carbocycles. The summed E-state index contributed by atoms with van der Waals surface area (Å²) in [5.41, 5.74) is 1.06. The molecule has 4 fully saturated rings. The highest BCUT2D eigenvalue weighted by Crippen LogP contribution is 2.42. The van der Waals surface area contributed by atoms with Gasteiger partial charge in [-0.05, 0) is 55.6 Å². The molecule has 29 heavy (non-hydrogen) atoms. The highest BCUT2D eigenvalue weighted by atomic mass is 16.5. The van der Waals surface area contributed by atoms with Gasteiger partial charge in [-0.3, -0.25) is 14.6 Å². The number of hydrogen-bond donors (Lipinski definition) is 0. The number of aromatic nitrogens is 1. The van der Waals surface area contributed by atoms with E-state index in [0.717, 1.165) is 70.4 Å². The summed E-state index contributed by atoms with van der Waals surface area (Å²) in [5.74, 6) is -0.00693. The van der Waals surface area contributed by atoms with Gasteiger partial charge >= 0.3 is 0 Å². The molecule has 7 heteroatoms. The minimum atomic E-state index is -0.660. The smallest absolute Gasteiger partial charge is 0.254 e. The average molecular weight is 399 g/mol. The normalized spacial score (nSPS) is 29.9. The second-order valence-corrected chi connectivity index (χ2v) is 8.97. The molecule has 2 atom stereocenters. The molecule has 5 rings (SSSR count). The Morgan fingerprint density at radius 2 is 2.03 bits per heavy atom. The van der Waals surface area contributed by atoms with Gasteiger partial charge in [-0.15, -0.1) is 0 Å². The summed E-state index contributed by atoms with van der Waals surface area (Å²) < 4.78 is 11.5. The van der Waals surface area contributed by atoms with E-state index in [1.807, 2.05) is 21.9 Å². The SMILES string of the molecule is O=C([C@H]1OCC(=O)N(C2CC2)[C@@H]1c1cccnc1)N1CCCC2(CCOCC2)C1. The Labute approximate surface area is 171 Å². The Morgan fingerprint density at radius 1 is 1.21 bits per heavy atom.